The van der Waals surface area contributed by atoms with Crippen LogP contribution in [0.3, 0.4) is 0 Å². The van der Waals surface area contributed by atoms with Gasteiger partial charge in [0.25, 0.3) is 0 Å². The Morgan fingerprint density at radius 1 is 0.292 bits per heavy atom. The lowest BCUT2D eigenvalue weighted by atomic mass is 9.86. The fourth-order valence-electron chi connectivity index (χ4n) is 14.6. The summed E-state index contributed by atoms with van der Waals surface area (Å²) in [4.78, 5) is 0. The van der Waals surface area contributed by atoms with Gasteiger partial charge in [0.15, 0.2) is 0 Å². The van der Waals surface area contributed by atoms with Crippen molar-refractivity contribution in [2.75, 3.05) is 0 Å². The number of fused-ring (bicyclic) bond motifs is 15. The summed E-state index contributed by atoms with van der Waals surface area (Å²) in [6.45, 7) is 27.6. The number of rotatable bonds is 5. The number of benzene rings is 11. The lowest BCUT2D eigenvalue weighted by Gasteiger charge is -2.30. The number of hydrogen-bond donors (Lipinski definition) is 0. The highest BCUT2D eigenvalue weighted by molar-refractivity contribution is 6.21. The van der Waals surface area contributed by atoms with Crippen LogP contribution in [0.5, 0.6) is 0 Å². The average Bonchev–Trinajstić information content (AvgIpc) is 1.61. The largest absolute Gasteiger partial charge is 0.456 e. The maximum Gasteiger partial charge on any atom is 0.136 e. The second-order valence-corrected chi connectivity index (χ2v) is 28.9. The smallest absolute Gasteiger partial charge is 0.136 e. The van der Waals surface area contributed by atoms with Gasteiger partial charge in [0.2, 0.25) is 0 Å². The van der Waals surface area contributed by atoms with E-state index in [1.807, 2.05) is 0 Å². The number of nitrogens with zero attached hydrogens (tertiary/aromatic N) is 5. The van der Waals surface area contributed by atoms with E-state index in [1.165, 1.54) is 22.3 Å². The first-order chi connectivity index (χ1) is 42.7. The lowest BCUT2D eigenvalue weighted by molar-refractivity contribution is 0.590. The van der Waals surface area contributed by atoms with Gasteiger partial charge in [-0.25, -0.2) is 0 Å². The second kappa shape index (κ2) is 19.0. The normalized spacial score (nSPS) is 12.9. The van der Waals surface area contributed by atoms with Crippen LogP contribution in [0.15, 0.2) is 217 Å². The Hall–Kier alpha value is -10.1. The molecule has 0 atom stereocenters. The third-order valence-corrected chi connectivity index (χ3v) is 19.2. The predicted octanol–water partition coefficient (Wildman–Crippen LogP) is 22.7. The molecular formula is C83H71N5O. The van der Waals surface area contributed by atoms with Crippen molar-refractivity contribution in [2.45, 2.75) is 105 Å². The SMILES string of the molecule is CC(C)(C)c1ccc2c3ccccc3n(-c3c(C#N)c(-n4c5ccccc5c5ccc(C(C)(C)C)cc54)c(-n4c5ccccc5c5ccc(C(C)(C)C)cc54)c(-c4cccc5oc6ccccc6c45)c3-n3c4ccccc4c4ccc(C(C)(C)C)cc43)c2c1. The molecule has 16 rings (SSSR count). The van der Waals surface area contributed by atoms with E-state index in [-0.39, 0.29) is 21.7 Å². The molecule has 6 heteroatoms. The first kappa shape index (κ1) is 54.3. The number of nitriles is 1. The van der Waals surface area contributed by atoms with Gasteiger partial charge in [-0.15, -0.1) is 0 Å². The minimum Gasteiger partial charge on any atom is -0.456 e. The Balaban J connectivity index is 1.31. The molecule has 0 saturated heterocycles. The van der Waals surface area contributed by atoms with Gasteiger partial charge in [-0.3, -0.25) is 0 Å². The Kier molecular flexibility index (Phi) is 11.6. The molecule has 0 N–H and O–H groups in total. The summed E-state index contributed by atoms with van der Waals surface area (Å²) in [6.07, 6.45) is 0. The summed E-state index contributed by atoms with van der Waals surface area (Å²) in [7, 11) is 0. The van der Waals surface area contributed by atoms with Gasteiger partial charge in [0.1, 0.15) is 22.8 Å². The molecule has 89 heavy (non-hydrogen) atoms. The van der Waals surface area contributed by atoms with Gasteiger partial charge < -0.3 is 22.7 Å². The highest BCUT2D eigenvalue weighted by Gasteiger charge is 2.37. The molecule has 0 spiro atoms. The van der Waals surface area contributed by atoms with E-state index in [2.05, 4.69) is 320 Å². The summed E-state index contributed by atoms with van der Waals surface area (Å²) in [5.74, 6) is 0. The first-order valence-corrected chi connectivity index (χ1v) is 31.4. The number of para-hydroxylation sites is 5. The molecule has 0 aliphatic heterocycles. The summed E-state index contributed by atoms with van der Waals surface area (Å²) in [5, 5.41) is 24.4. The Bertz CT molecular complexity index is 5440. The van der Waals surface area contributed by atoms with E-state index in [1.54, 1.807) is 0 Å². The van der Waals surface area contributed by atoms with Gasteiger partial charge in [0.05, 0.1) is 66.9 Å². The minimum atomic E-state index is -0.207. The van der Waals surface area contributed by atoms with Crippen molar-refractivity contribution >= 4 is 109 Å². The number of aromatic nitrogens is 4. The predicted molar refractivity (Wildman–Crippen MR) is 376 cm³/mol. The first-order valence-electron chi connectivity index (χ1n) is 31.4. The third kappa shape index (κ3) is 8.00. The second-order valence-electron chi connectivity index (χ2n) is 28.9. The van der Waals surface area contributed by atoms with E-state index >= 15 is 0 Å². The molecule has 5 aromatic heterocycles. The van der Waals surface area contributed by atoms with Crippen LogP contribution in [-0.2, 0) is 21.7 Å². The average molecular weight is 1150 g/mol. The summed E-state index contributed by atoms with van der Waals surface area (Å²) in [5.41, 5.74) is 19.6. The Labute approximate surface area is 519 Å². The topological polar surface area (TPSA) is 56.6 Å². The van der Waals surface area contributed by atoms with Crippen molar-refractivity contribution in [2.24, 2.45) is 0 Å². The molecule has 16 aromatic rings. The summed E-state index contributed by atoms with van der Waals surface area (Å²) >= 11 is 0. The van der Waals surface area contributed by atoms with Crippen LogP contribution in [0.2, 0.25) is 0 Å². The van der Waals surface area contributed by atoms with Gasteiger partial charge in [-0.1, -0.05) is 235 Å². The maximum absolute atomic E-state index is 13.5. The molecule has 0 radical (unpaired) electrons. The molecule has 0 unspecified atom stereocenters. The van der Waals surface area contributed by atoms with Crippen molar-refractivity contribution in [3.8, 4) is 39.9 Å². The van der Waals surface area contributed by atoms with Crippen LogP contribution in [0.4, 0.5) is 0 Å². The van der Waals surface area contributed by atoms with Crippen molar-refractivity contribution in [1.29, 1.82) is 5.26 Å². The fourth-order valence-corrected chi connectivity index (χ4v) is 14.6. The van der Waals surface area contributed by atoms with E-state index < -0.39 is 0 Å². The molecule has 11 aromatic carbocycles. The fraction of sp³-hybridized carbons (Fsp3) is 0.193. The Morgan fingerprint density at radius 2 is 0.584 bits per heavy atom. The molecule has 0 amide bonds. The zero-order valence-electron chi connectivity index (χ0n) is 52.9. The quantitative estimate of drug-likeness (QED) is 0.172. The van der Waals surface area contributed by atoms with Crippen LogP contribution in [0, 0.1) is 11.3 Å². The molecular weight excluding hydrogens is 1080 g/mol. The molecule has 0 saturated carbocycles. The molecule has 0 bridgehead atoms. The van der Waals surface area contributed by atoms with E-state index in [0.29, 0.717) is 5.56 Å². The van der Waals surface area contributed by atoms with Crippen molar-refractivity contribution < 1.29 is 4.42 Å². The third-order valence-electron chi connectivity index (χ3n) is 19.2. The van der Waals surface area contributed by atoms with Crippen molar-refractivity contribution in [3.63, 3.8) is 0 Å². The van der Waals surface area contributed by atoms with Crippen LogP contribution in [-0.4, -0.2) is 18.3 Å². The van der Waals surface area contributed by atoms with Gasteiger partial charge >= 0.3 is 0 Å². The van der Waals surface area contributed by atoms with Crippen LogP contribution >= 0.6 is 0 Å². The molecule has 0 aliphatic carbocycles. The van der Waals surface area contributed by atoms with Gasteiger partial charge in [-0.05, 0) is 110 Å². The number of hydrogen-bond acceptors (Lipinski definition) is 2. The monoisotopic (exact) mass is 1150 g/mol. The maximum atomic E-state index is 13.5. The van der Waals surface area contributed by atoms with E-state index in [9.17, 15) is 5.26 Å². The Morgan fingerprint density at radius 3 is 0.921 bits per heavy atom. The lowest BCUT2D eigenvalue weighted by Crippen LogP contribution is -2.17. The zero-order valence-corrected chi connectivity index (χ0v) is 52.9. The van der Waals surface area contributed by atoms with Gasteiger partial charge in [-0.2, -0.15) is 5.26 Å². The zero-order chi connectivity index (χ0) is 61.4. The van der Waals surface area contributed by atoms with Crippen LogP contribution in [0.25, 0.3) is 143 Å². The molecule has 0 fully saturated rings. The molecule has 0 aliphatic rings. The van der Waals surface area contributed by atoms with Gasteiger partial charge in [0, 0.05) is 59.4 Å². The van der Waals surface area contributed by atoms with E-state index in [4.69, 9.17) is 4.42 Å². The molecule has 6 nitrogen and oxygen atoms in total. The number of furan rings is 1. The highest BCUT2D eigenvalue weighted by Crippen LogP contribution is 2.54. The standard InChI is InChI=1S/C83H71N5O/c1-80(2,3)49-36-40-57-53-24-13-18-30-64(53)85(68(57)44-49)76-63(48-84)77(86-65-31-19-14-25-54(65)58-41-37-50(45-69(58)86)81(4,5)6)79(88-67-33-21-16-27-56(67)60-43-39-52(47-71(60)88)83(10,11)12)75(62-29-23-35-73-74(62)61-28-17-22-34-72(61)89-73)78(76)87-66-32-20-15-26-55(66)59-42-38-51(46-70(59)87)82(7,8)9/h13-47H,1-12H3. The van der Waals surface area contributed by atoms with Crippen LogP contribution in [0.1, 0.15) is 111 Å². The van der Waals surface area contributed by atoms with E-state index in [0.717, 1.165) is 143 Å². The molecule has 5 heterocycles. The summed E-state index contributed by atoms with van der Waals surface area (Å²) in [6, 6.07) is 82.0. The van der Waals surface area contributed by atoms with Crippen LogP contribution < -0.4 is 0 Å². The molecule has 434 valence electrons. The minimum absolute atomic E-state index is 0.207. The van der Waals surface area contributed by atoms with Crippen molar-refractivity contribution in [1.82, 2.24) is 18.3 Å². The van der Waals surface area contributed by atoms with Crippen molar-refractivity contribution in [3.05, 3.63) is 240 Å². The summed E-state index contributed by atoms with van der Waals surface area (Å²) < 4.78 is 17.1. The highest BCUT2D eigenvalue weighted by atomic mass is 16.3.